The van der Waals surface area contributed by atoms with Crippen molar-refractivity contribution in [3.8, 4) is 0 Å². The van der Waals surface area contributed by atoms with Crippen LogP contribution in [-0.4, -0.2) is 16.8 Å². The van der Waals surface area contributed by atoms with Gasteiger partial charge in [-0.3, -0.25) is 4.79 Å². The standard InChI is InChI=1S/C14H16N4OS/c15-12-11(13(16)19)14(20-17-12)18-7-3-6-9-4-1-2-5-10(9)8-18/h1-2,4-5H,3,6-8H2,(H2,15,17)(H2,16,19). The second-order valence-electron chi connectivity index (χ2n) is 4.91. The second-order valence-corrected chi connectivity index (χ2v) is 5.66. The average molecular weight is 288 g/mol. The number of rotatable bonds is 2. The van der Waals surface area contributed by atoms with E-state index in [9.17, 15) is 4.79 Å². The van der Waals surface area contributed by atoms with E-state index in [1.165, 1.54) is 22.7 Å². The molecule has 1 aromatic heterocycles. The Morgan fingerprint density at radius 2 is 2.05 bits per heavy atom. The van der Waals surface area contributed by atoms with Crippen LogP contribution in [0.25, 0.3) is 0 Å². The van der Waals surface area contributed by atoms with Crippen LogP contribution in [0.5, 0.6) is 0 Å². The maximum absolute atomic E-state index is 11.6. The first-order valence-corrected chi connectivity index (χ1v) is 7.31. The second kappa shape index (κ2) is 5.13. The number of aryl methyl sites for hydroxylation is 1. The summed E-state index contributed by atoms with van der Waals surface area (Å²) in [5, 5.41) is 0.784. The van der Waals surface area contributed by atoms with Crippen LogP contribution in [0.2, 0.25) is 0 Å². The molecule has 0 saturated carbocycles. The Labute approximate surface area is 121 Å². The largest absolute Gasteiger partial charge is 0.382 e. The van der Waals surface area contributed by atoms with Crippen molar-refractivity contribution in [3.63, 3.8) is 0 Å². The summed E-state index contributed by atoms with van der Waals surface area (Å²) in [4.78, 5) is 13.7. The molecule has 0 radical (unpaired) electrons. The molecule has 0 aliphatic carbocycles. The summed E-state index contributed by atoms with van der Waals surface area (Å²) in [6.07, 6.45) is 2.08. The molecule has 1 amide bonds. The zero-order valence-electron chi connectivity index (χ0n) is 11.0. The summed E-state index contributed by atoms with van der Waals surface area (Å²) in [6, 6.07) is 8.39. The van der Waals surface area contributed by atoms with Gasteiger partial charge in [0.2, 0.25) is 0 Å². The topological polar surface area (TPSA) is 85.2 Å². The maximum atomic E-state index is 11.6. The van der Waals surface area contributed by atoms with Gasteiger partial charge >= 0.3 is 0 Å². The molecule has 0 atom stereocenters. The fourth-order valence-corrected chi connectivity index (χ4v) is 3.46. The molecule has 2 heterocycles. The number of primary amides is 1. The number of nitrogens with two attached hydrogens (primary N) is 2. The van der Waals surface area contributed by atoms with Crippen molar-refractivity contribution in [2.45, 2.75) is 19.4 Å². The Bertz CT molecular complexity index is 652. The minimum absolute atomic E-state index is 0.232. The number of hydrogen-bond acceptors (Lipinski definition) is 5. The van der Waals surface area contributed by atoms with Crippen LogP contribution >= 0.6 is 11.5 Å². The molecule has 0 fully saturated rings. The van der Waals surface area contributed by atoms with E-state index in [1.807, 2.05) is 6.07 Å². The molecule has 1 aliphatic rings. The Hall–Kier alpha value is -2.08. The molecule has 3 rings (SSSR count). The van der Waals surface area contributed by atoms with Crippen molar-refractivity contribution in [3.05, 3.63) is 41.0 Å². The Kier molecular flexibility index (Phi) is 3.31. The van der Waals surface area contributed by atoms with E-state index in [4.69, 9.17) is 11.5 Å². The van der Waals surface area contributed by atoms with Crippen molar-refractivity contribution in [1.82, 2.24) is 4.37 Å². The van der Waals surface area contributed by atoms with Gasteiger partial charge in [-0.05, 0) is 35.5 Å². The van der Waals surface area contributed by atoms with Gasteiger partial charge in [-0.15, -0.1) is 0 Å². The fraction of sp³-hybridized carbons (Fsp3) is 0.286. The van der Waals surface area contributed by atoms with E-state index in [-0.39, 0.29) is 5.82 Å². The average Bonchev–Trinajstić information content (AvgIpc) is 2.69. The van der Waals surface area contributed by atoms with Crippen LogP contribution in [0.1, 0.15) is 27.9 Å². The van der Waals surface area contributed by atoms with E-state index in [0.29, 0.717) is 5.56 Å². The molecule has 2 aromatic rings. The van der Waals surface area contributed by atoms with Crippen LogP contribution in [0.3, 0.4) is 0 Å². The summed E-state index contributed by atoms with van der Waals surface area (Å²) in [5.41, 5.74) is 14.2. The van der Waals surface area contributed by atoms with Gasteiger partial charge in [0.05, 0.1) is 0 Å². The van der Waals surface area contributed by atoms with Crippen molar-refractivity contribution in [2.75, 3.05) is 17.2 Å². The highest BCUT2D eigenvalue weighted by Crippen LogP contribution is 2.33. The Balaban J connectivity index is 1.98. The molecular formula is C14H16N4OS. The van der Waals surface area contributed by atoms with E-state index < -0.39 is 5.91 Å². The van der Waals surface area contributed by atoms with E-state index in [0.717, 1.165) is 30.9 Å². The van der Waals surface area contributed by atoms with Gasteiger partial charge in [-0.1, -0.05) is 24.3 Å². The lowest BCUT2D eigenvalue weighted by atomic mass is 10.0. The number of fused-ring (bicyclic) bond motifs is 1. The summed E-state index contributed by atoms with van der Waals surface area (Å²) in [7, 11) is 0. The minimum atomic E-state index is -0.510. The number of carbonyl (C=O) groups excluding carboxylic acids is 1. The van der Waals surface area contributed by atoms with Gasteiger partial charge < -0.3 is 16.4 Å². The van der Waals surface area contributed by atoms with Gasteiger partial charge in [0.1, 0.15) is 10.6 Å². The molecule has 104 valence electrons. The number of nitrogens with zero attached hydrogens (tertiary/aromatic N) is 2. The van der Waals surface area contributed by atoms with Gasteiger partial charge in [0.15, 0.2) is 5.82 Å². The van der Waals surface area contributed by atoms with Crippen molar-refractivity contribution < 1.29 is 4.79 Å². The lowest BCUT2D eigenvalue weighted by Crippen LogP contribution is -2.25. The number of aromatic nitrogens is 1. The summed E-state index contributed by atoms with van der Waals surface area (Å²) in [5.74, 6) is -0.279. The highest BCUT2D eigenvalue weighted by atomic mass is 32.1. The molecule has 1 aromatic carbocycles. The molecular weight excluding hydrogens is 272 g/mol. The number of benzene rings is 1. The third-order valence-corrected chi connectivity index (χ3v) is 4.51. The molecule has 6 heteroatoms. The molecule has 4 N–H and O–H groups in total. The third-order valence-electron chi connectivity index (χ3n) is 3.59. The number of anilines is 2. The van der Waals surface area contributed by atoms with Crippen molar-refractivity contribution >= 4 is 28.3 Å². The molecule has 1 aliphatic heterocycles. The van der Waals surface area contributed by atoms with Crippen LogP contribution in [-0.2, 0) is 13.0 Å². The van der Waals surface area contributed by atoms with Crippen LogP contribution in [0.15, 0.2) is 24.3 Å². The van der Waals surface area contributed by atoms with Gasteiger partial charge in [0, 0.05) is 13.1 Å². The first kappa shape index (κ1) is 12.9. The van der Waals surface area contributed by atoms with Gasteiger partial charge in [-0.25, -0.2) is 0 Å². The van der Waals surface area contributed by atoms with E-state index >= 15 is 0 Å². The number of hydrogen-bond donors (Lipinski definition) is 2. The fourth-order valence-electron chi connectivity index (χ4n) is 2.61. The summed E-state index contributed by atoms with van der Waals surface area (Å²) >= 11 is 1.25. The van der Waals surface area contributed by atoms with E-state index in [1.54, 1.807) is 0 Å². The normalized spacial score (nSPS) is 14.7. The van der Waals surface area contributed by atoms with Crippen molar-refractivity contribution in [2.24, 2.45) is 5.73 Å². The number of amides is 1. The highest BCUT2D eigenvalue weighted by molar-refractivity contribution is 7.11. The Morgan fingerprint density at radius 3 is 2.80 bits per heavy atom. The molecule has 0 saturated heterocycles. The van der Waals surface area contributed by atoms with Crippen LogP contribution < -0.4 is 16.4 Å². The maximum Gasteiger partial charge on any atom is 0.255 e. The quantitative estimate of drug-likeness (QED) is 0.882. The minimum Gasteiger partial charge on any atom is -0.382 e. The van der Waals surface area contributed by atoms with Crippen LogP contribution in [0, 0.1) is 0 Å². The smallest absolute Gasteiger partial charge is 0.255 e. The highest BCUT2D eigenvalue weighted by Gasteiger charge is 2.23. The van der Waals surface area contributed by atoms with Crippen LogP contribution in [0.4, 0.5) is 10.8 Å². The van der Waals surface area contributed by atoms with Gasteiger partial charge in [-0.2, -0.15) is 4.37 Å². The molecule has 20 heavy (non-hydrogen) atoms. The first-order valence-electron chi connectivity index (χ1n) is 6.53. The number of carbonyl (C=O) groups is 1. The predicted molar refractivity (Wildman–Crippen MR) is 80.9 cm³/mol. The van der Waals surface area contributed by atoms with Crippen molar-refractivity contribution in [1.29, 1.82) is 0 Å². The lowest BCUT2D eigenvalue weighted by Gasteiger charge is -2.21. The molecule has 0 bridgehead atoms. The predicted octanol–water partition coefficient (Wildman–Crippen LogP) is 1.78. The first-order chi connectivity index (χ1) is 9.66. The zero-order valence-corrected chi connectivity index (χ0v) is 11.8. The number of nitrogen functional groups attached to an aromatic ring is 1. The van der Waals surface area contributed by atoms with Gasteiger partial charge in [0.25, 0.3) is 5.91 Å². The molecule has 0 spiro atoms. The lowest BCUT2D eigenvalue weighted by molar-refractivity contribution is 0.100. The molecule has 5 nitrogen and oxygen atoms in total. The summed E-state index contributed by atoms with van der Waals surface area (Å²) in [6.45, 7) is 1.63. The Morgan fingerprint density at radius 1 is 1.30 bits per heavy atom. The third kappa shape index (κ3) is 2.22. The SMILES string of the molecule is NC(=O)c1c(N)nsc1N1CCCc2ccccc2C1. The molecule has 0 unspecified atom stereocenters. The summed E-state index contributed by atoms with van der Waals surface area (Å²) < 4.78 is 4.08. The van der Waals surface area contributed by atoms with E-state index in [2.05, 4.69) is 27.5 Å². The monoisotopic (exact) mass is 288 g/mol. The zero-order chi connectivity index (χ0) is 14.1.